The first-order valence-corrected chi connectivity index (χ1v) is 5.75. The molecule has 102 valence electrons. The molecule has 0 spiro atoms. The molecule has 0 aromatic carbocycles. The molecular formula is C10H13N5O4. The van der Waals surface area contributed by atoms with Crippen LogP contribution < -0.4 is 11.3 Å². The van der Waals surface area contributed by atoms with Crippen molar-refractivity contribution in [3.05, 3.63) is 16.7 Å². The lowest BCUT2D eigenvalue weighted by atomic mass is 10.2. The third kappa shape index (κ3) is 1.70. The predicted octanol–water partition coefficient (Wildman–Crippen LogP) is -2.27. The molecule has 0 bridgehead atoms. The first-order chi connectivity index (χ1) is 8.99. The first-order valence-electron chi connectivity index (χ1n) is 5.75. The van der Waals surface area contributed by atoms with Crippen LogP contribution in [-0.4, -0.2) is 53.2 Å². The van der Waals surface area contributed by atoms with E-state index < -0.39 is 29.9 Å². The van der Waals surface area contributed by atoms with Crippen molar-refractivity contribution in [2.75, 3.05) is 5.73 Å². The van der Waals surface area contributed by atoms with E-state index in [1.165, 1.54) is 10.9 Å². The van der Waals surface area contributed by atoms with E-state index in [2.05, 4.69) is 15.0 Å². The Balaban J connectivity index is 2.14. The van der Waals surface area contributed by atoms with Gasteiger partial charge in [-0.05, 0) is 6.42 Å². The fourth-order valence-corrected chi connectivity index (χ4v) is 2.45. The van der Waals surface area contributed by atoms with Gasteiger partial charge in [0.05, 0.1) is 18.5 Å². The lowest BCUT2D eigenvalue weighted by Crippen LogP contribution is -2.31. The quantitative estimate of drug-likeness (QED) is 0.391. The van der Waals surface area contributed by atoms with E-state index >= 15 is 0 Å². The van der Waals surface area contributed by atoms with Gasteiger partial charge in [0.2, 0.25) is 5.95 Å². The number of aromatic nitrogens is 4. The van der Waals surface area contributed by atoms with Crippen molar-refractivity contribution in [1.29, 1.82) is 0 Å². The van der Waals surface area contributed by atoms with E-state index in [4.69, 9.17) is 5.73 Å². The van der Waals surface area contributed by atoms with E-state index in [0.29, 0.717) is 0 Å². The van der Waals surface area contributed by atoms with Crippen LogP contribution in [0.15, 0.2) is 11.1 Å². The Morgan fingerprint density at radius 2 is 2.11 bits per heavy atom. The summed E-state index contributed by atoms with van der Waals surface area (Å²) in [5, 5.41) is 29.0. The number of aromatic amines is 1. The Kier molecular flexibility index (Phi) is 2.55. The molecule has 9 nitrogen and oxygen atoms in total. The highest BCUT2D eigenvalue weighted by atomic mass is 16.4. The molecule has 9 heteroatoms. The van der Waals surface area contributed by atoms with Gasteiger partial charge in [0.25, 0.3) is 5.56 Å². The van der Waals surface area contributed by atoms with Crippen LogP contribution in [0.4, 0.5) is 5.95 Å². The zero-order valence-electron chi connectivity index (χ0n) is 9.76. The number of imidazole rings is 1. The third-order valence-corrected chi connectivity index (χ3v) is 3.43. The van der Waals surface area contributed by atoms with Crippen molar-refractivity contribution in [1.82, 2.24) is 19.5 Å². The molecule has 3 rings (SSSR count). The second kappa shape index (κ2) is 4.02. The van der Waals surface area contributed by atoms with Gasteiger partial charge in [-0.1, -0.05) is 0 Å². The van der Waals surface area contributed by atoms with E-state index in [9.17, 15) is 20.1 Å². The van der Waals surface area contributed by atoms with E-state index in [-0.39, 0.29) is 23.5 Å². The molecule has 19 heavy (non-hydrogen) atoms. The van der Waals surface area contributed by atoms with Crippen LogP contribution in [-0.2, 0) is 0 Å². The van der Waals surface area contributed by atoms with Crippen LogP contribution in [0.3, 0.4) is 0 Å². The molecule has 1 aliphatic rings. The number of hydrogen-bond acceptors (Lipinski definition) is 7. The van der Waals surface area contributed by atoms with Gasteiger partial charge < -0.3 is 25.6 Å². The monoisotopic (exact) mass is 267 g/mol. The summed E-state index contributed by atoms with van der Waals surface area (Å²) in [4.78, 5) is 21.8. The molecule has 4 atom stereocenters. The number of nitrogens with one attached hydrogen (secondary N) is 1. The highest BCUT2D eigenvalue weighted by Crippen LogP contribution is 2.32. The van der Waals surface area contributed by atoms with Crippen LogP contribution in [0.1, 0.15) is 12.5 Å². The molecule has 2 heterocycles. The highest BCUT2D eigenvalue weighted by Gasteiger charge is 2.42. The second-order valence-corrected chi connectivity index (χ2v) is 4.63. The summed E-state index contributed by atoms with van der Waals surface area (Å²) < 4.78 is 1.45. The standard InChI is InChI=1S/C10H13N5O4/c11-10-13-8-5(9(19)14-10)12-2-15(8)3-1-4(16)7(18)6(3)17/h2-4,6-7,16-18H,1H2,(H3,11,13,14,19). The number of aliphatic hydroxyl groups is 3. The molecule has 2 aromatic rings. The summed E-state index contributed by atoms with van der Waals surface area (Å²) in [5.41, 5.74) is 5.30. The number of nitrogens with two attached hydrogens (primary N) is 1. The number of rotatable bonds is 1. The Labute approximate surface area is 106 Å². The molecule has 2 aromatic heterocycles. The van der Waals surface area contributed by atoms with Crippen LogP contribution in [0.5, 0.6) is 0 Å². The SMILES string of the molecule is Nc1nc2c(ncn2C2CC(O)C(O)C2O)c(=O)[nH]1. The molecule has 0 saturated heterocycles. The summed E-state index contributed by atoms with van der Waals surface area (Å²) in [5.74, 6) is -0.0622. The minimum absolute atomic E-state index is 0.0622. The zero-order valence-corrected chi connectivity index (χ0v) is 9.76. The summed E-state index contributed by atoms with van der Waals surface area (Å²) in [6.07, 6.45) is -1.94. The molecule has 0 amide bonds. The van der Waals surface area contributed by atoms with Gasteiger partial charge >= 0.3 is 0 Å². The minimum Gasteiger partial charge on any atom is -0.390 e. The number of H-pyrrole nitrogens is 1. The van der Waals surface area contributed by atoms with Gasteiger partial charge in [0, 0.05) is 0 Å². The van der Waals surface area contributed by atoms with Gasteiger partial charge in [0.1, 0.15) is 12.2 Å². The minimum atomic E-state index is -1.23. The van der Waals surface area contributed by atoms with Gasteiger partial charge in [-0.15, -0.1) is 0 Å². The van der Waals surface area contributed by atoms with Gasteiger partial charge in [0.15, 0.2) is 11.2 Å². The van der Waals surface area contributed by atoms with Gasteiger partial charge in [-0.3, -0.25) is 9.78 Å². The van der Waals surface area contributed by atoms with Crippen molar-refractivity contribution >= 4 is 17.1 Å². The fraction of sp³-hybridized carbons (Fsp3) is 0.500. The second-order valence-electron chi connectivity index (χ2n) is 4.63. The average molecular weight is 267 g/mol. The van der Waals surface area contributed by atoms with Gasteiger partial charge in [-0.25, -0.2) is 4.98 Å². The van der Waals surface area contributed by atoms with Crippen molar-refractivity contribution in [2.45, 2.75) is 30.8 Å². The van der Waals surface area contributed by atoms with Crippen molar-refractivity contribution in [3.8, 4) is 0 Å². The molecule has 0 radical (unpaired) electrons. The number of nitrogens with zero attached hydrogens (tertiary/aromatic N) is 3. The maximum Gasteiger partial charge on any atom is 0.280 e. The van der Waals surface area contributed by atoms with E-state index in [1.807, 2.05) is 0 Å². The number of aliphatic hydroxyl groups excluding tert-OH is 3. The average Bonchev–Trinajstić information content (AvgIpc) is 2.86. The van der Waals surface area contributed by atoms with Gasteiger partial charge in [-0.2, -0.15) is 4.98 Å². The fourth-order valence-electron chi connectivity index (χ4n) is 2.45. The number of nitrogen functional groups attached to an aromatic ring is 1. The van der Waals surface area contributed by atoms with Crippen molar-refractivity contribution in [3.63, 3.8) is 0 Å². The Bertz CT molecular complexity index is 680. The lowest BCUT2D eigenvalue weighted by Gasteiger charge is -2.17. The van der Waals surface area contributed by atoms with Crippen LogP contribution in [0.25, 0.3) is 11.2 Å². The maximum absolute atomic E-state index is 11.6. The topological polar surface area (TPSA) is 150 Å². The zero-order chi connectivity index (χ0) is 13.7. The van der Waals surface area contributed by atoms with E-state index in [0.717, 1.165) is 0 Å². The Hall–Kier alpha value is -1.97. The predicted molar refractivity (Wildman–Crippen MR) is 64.2 cm³/mol. The molecule has 0 aliphatic heterocycles. The van der Waals surface area contributed by atoms with Crippen molar-refractivity contribution < 1.29 is 15.3 Å². The largest absolute Gasteiger partial charge is 0.390 e. The van der Waals surface area contributed by atoms with E-state index in [1.54, 1.807) is 0 Å². The molecule has 1 aliphatic carbocycles. The number of anilines is 1. The van der Waals surface area contributed by atoms with Crippen LogP contribution in [0.2, 0.25) is 0 Å². The first kappa shape index (κ1) is 12.1. The smallest absolute Gasteiger partial charge is 0.280 e. The number of hydrogen-bond donors (Lipinski definition) is 5. The Morgan fingerprint density at radius 3 is 2.74 bits per heavy atom. The molecular weight excluding hydrogens is 254 g/mol. The summed E-state index contributed by atoms with van der Waals surface area (Å²) >= 11 is 0. The molecule has 1 saturated carbocycles. The maximum atomic E-state index is 11.6. The molecule has 6 N–H and O–H groups in total. The van der Waals surface area contributed by atoms with Crippen molar-refractivity contribution in [2.24, 2.45) is 0 Å². The normalized spacial score (nSPS) is 31.1. The lowest BCUT2D eigenvalue weighted by molar-refractivity contribution is -0.0244. The molecule has 1 fully saturated rings. The summed E-state index contributed by atoms with van der Waals surface area (Å²) in [6.45, 7) is 0. The number of fused-ring (bicyclic) bond motifs is 1. The van der Waals surface area contributed by atoms with Crippen LogP contribution >= 0.6 is 0 Å². The highest BCUT2D eigenvalue weighted by molar-refractivity contribution is 5.70. The summed E-state index contributed by atoms with van der Waals surface area (Å²) in [6, 6.07) is -0.608. The Morgan fingerprint density at radius 1 is 1.37 bits per heavy atom. The third-order valence-electron chi connectivity index (χ3n) is 3.43. The molecule has 4 unspecified atom stereocenters. The van der Waals surface area contributed by atoms with Crippen LogP contribution in [0, 0.1) is 0 Å². The summed E-state index contributed by atoms with van der Waals surface area (Å²) in [7, 11) is 0.